The number of hydrogen-bond donors (Lipinski definition) is 2. The molecule has 1 heterocycles. The van der Waals surface area contributed by atoms with Gasteiger partial charge in [0.15, 0.2) is 0 Å². The zero-order valence-electron chi connectivity index (χ0n) is 12.1. The zero-order valence-corrected chi connectivity index (χ0v) is 14.5. The van der Waals surface area contributed by atoms with Crippen molar-refractivity contribution in [1.29, 1.82) is 0 Å². The summed E-state index contributed by atoms with van der Waals surface area (Å²) in [6.07, 6.45) is 3.62. The highest BCUT2D eigenvalue weighted by Crippen LogP contribution is 2.37. The van der Waals surface area contributed by atoms with Crippen LogP contribution < -0.4 is 10.2 Å². The molecule has 0 spiro atoms. The van der Waals surface area contributed by atoms with Crippen molar-refractivity contribution in [3.63, 3.8) is 0 Å². The second-order valence-electron chi connectivity index (χ2n) is 5.63. The molecule has 0 unspecified atom stereocenters. The number of hydrogen-bond acceptors (Lipinski definition) is 4. The maximum Gasteiger partial charge on any atom is 0.323 e. The van der Waals surface area contributed by atoms with Crippen LogP contribution in [0.1, 0.15) is 37.4 Å². The molecular formula is C15H15Cl2N3O2S. The summed E-state index contributed by atoms with van der Waals surface area (Å²) in [5, 5.41) is 3.81. The summed E-state index contributed by atoms with van der Waals surface area (Å²) in [6.45, 7) is 0. The normalized spacial score (nSPS) is 21.1. The maximum atomic E-state index is 12.7. The van der Waals surface area contributed by atoms with Gasteiger partial charge in [0, 0.05) is 39.1 Å². The lowest BCUT2D eigenvalue weighted by Crippen LogP contribution is -2.31. The Kier molecular flexibility index (Phi) is 5.04. The number of carbonyl (C=O) groups excluding carboxylic acids is 1. The predicted molar refractivity (Wildman–Crippen MR) is 92.5 cm³/mol. The zero-order chi connectivity index (χ0) is 16.4. The molecular weight excluding hydrogens is 357 g/mol. The summed E-state index contributed by atoms with van der Waals surface area (Å²) in [5.41, 5.74) is 0.573. The molecule has 1 saturated carbocycles. The second kappa shape index (κ2) is 7.03. The van der Waals surface area contributed by atoms with Gasteiger partial charge in [0.1, 0.15) is 5.82 Å². The molecule has 0 bridgehead atoms. The molecule has 122 valence electrons. The van der Waals surface area contributed by atoms with Gasteiger partial charge >= 0.3 is 4.87 Å². The average molecular weight is 372 g/mol. The van der Waals surface area contributed by atoms with Gasteiger partial charge in [0.2, 0.25) is 5.91 Å². The molecule has 1 fully saturated rings. The van der Waals surface area contributed by atoms with Gasteiger partial charge in [-0.1, -0.05) is 36.0 Å². The van der Waals surface area contributed by atoms with E-state index < -0.39 is 0 Å². The van der Waals surface area contributed by atoms with Crippen LogP contribution in [0.15, 0.2) is 23.0 Å². The molecule has 0 aliphatic heterocycles. The summed E-state index contributed by atoms with van der Waals surface area (Å²) in [4.78, 5) is 26.6. The van der Waals surface area contributed by atoms with E-state index in [9.17, 15) is 9.59 Å². The van der Waals surface area contributed by atoms with Crippen LogP contribution in [0.3, 0.4) is 0 Å². The molecule has 2 atom stereocenters. The molecule has 0 saturated heterocycles. The smallest absolute Gasteiger partial charge is 0.323 e. The van der Waals surface area contributed by atoms with Crippen molar-refractivity contribution in [2.45, 2.75) is 31.6 Å². The minimum absolute atomic E-state index is 0.0580. The topological polar surface area (TPSA) is 74.8 Å². The summed E-state index contributed by atoms with van der Waals surface area (Å²) in [5.74, 6) is 0.238. The van der Waals surface area contributed by atoms with Crippen molar-refractivity contribution in [3.05, 3.63) is 43.7 Å². The molecule has 2 aromatic rings. The van der Waals surface area contributed by atoms with Gasteiger partial charge in [-0.25, -0.2) is 0 Å². The summed E-state index contributed by atoms with van der Waals surface area (Å²) >= 11 is 12.8. The number of anilines is 1. The minimum atomic E-state index is -0.223. The third kappa shape index (κ3) is 3.94. The monoisotopic (exact) mass is 371 g/mol. The Morgan fingerprint density at radius 2 is 1.91 bits per heavy atom. The average Bonchev–Trinajstić information content (AvgIpc) is 2.92. The standard InChI is InChI=1S/C15H15Cl2N3O2S/c16-8-5-9(17)7-10(6-8)18-14(21)12-4-2-1-3-11(12)13-19-15(22)23-20-13/h5-7,11-12H,1-4H2,(H,18,21)(H,19,20,22)/t11-,12+/m1/s1. The summed E-state index contributed by atoms with van der Waals surface area (Å²) < 4.78 is 4.16. The molecule has 1 amide bonds. The fourth-order valence-electron chi connectivity index (χ4n) is 3.03. The number of benzene rings is 1. The highest BCUT2D eigenvalue weighted by molar-refractivity contribution is 7.02. The molecule has 23 heavy (non-hydrogen) atoms. The van der Waals surface area contributed by atoms with Crippen LogP contribution in [0, 0.1) is 5.92 Å². The summed E-state index contributed by atoms with van der Waals surface area (Å²) in [6, 6.07) is 4.93. The Balaban J connectivity index is 1.79. The molecule has 1 aliphatic carbocycles. The minimum Gasteiger partial charge on any atom is -0.326 e. The fourth-order valence-corrected chi connectivity index (χ4v) is 4.07. The molecule has 1 aromatic heterocycles. The predicted octanol–water partition coefficient (Wildman–Crippen LogP) is 4.05. The number of amides is 1. The van der Waals surface area contributed by atoms with E-state index in [1.807, 2.05) is 0 Å². The Morgan fingerprint density at radius 3 is 2.57 bits per heavy atom. The third-order valence-electron chi connectivity index (χ3n) is 4.04. The van der Waals surface area contributed by atoms with Gasteiger partial charge in [-0.3, -0.25) is 14.6 Å². The number of H-pyrrole nitrogens is 1. The molecule has 3 rings (SSSR count). The van der Waals surface area contributed by atoms with Crippen molar-refractivity contribution in [2.75, 3.05) is 5.32 Å². The number of rotatable bonds is 3. The van der Waals surface area contributed by atoms with Crippen molar-refractivity contribution >= 4 is 46.3 Å². The number of carbonyl (C=O) groups is 1. The van der Waals surface area contributed by atoms with E-state index in [-0.39, 0.29) is 22.6 Å². The number of halogens is 2. The molecule has 2 N–H and O–H groups in total. The quantitative estimate of drug-likeness (QED) is 0.854. The van der Waals surface area contributed by atoms with Crippen LogP contribution in [0.5, 0.6) is 0 Å². The lowest BCUT2D eigenvalue weighted by atomic mass is 9.78. The Bertz CT molecular complexity index is 754. The van der Waals surface area contributed by atoms with Crippen LogP contribution in [-0.4, -0.2) is 15.3 Å². The van der Waals surface area contributed by atoms with Gasteiger partial charge in [0.25, 0.3) is 0 Å². The van der Waals surface area contributed by atoms with Gasteiger partial charge in [-0.2, -0.15) is 4.37 Å². The van der Waals surface area contributed by atoms with Crippen molar-refractivity contribution < 1.29 is 4.79 Å². The van der Waals surface area contributed by atoms with E-state index in [4.69, 9.17) is 23.2 Å². The largest absolute Gasteiger partial charge is 0.326 e. The Morgan fingerprint density at radius 1 is 1.22 bits per heavy atom. The Labute approximate surface area is 147 Å². The molecule has 0 radical (unpaired) electrons. The SMILES string of the molecule is O=C(Nc1cc(Cl)cc(Cl)c1)[C@H]1CCCC[C@H]1c1nsc(=O)[nH]1. The Hall–Kier alpha value is -1.37. The van der Waals surface area contributed by atoms with E-state index >= 15 is 0 Å². The number of nitrogens with one attached hydrogen (secondary N) is 2. The molecule has 5 nitrogen and oxygen atoms in total. The van der Waals surface area contributed by atoms with Gasteiger partial charge in [-0.05, 0) is 31.0 Å². The van der Waals surface area contributed by atoms with Gasteiger partial charge < -0.3 is 5.32 Å². The number of aromatic amines is 1. The van der Waals surface area contributed by atoms with Crippen molar-refractivity contribution in [2.24, 2.45) is 5.92 Å². The van der Waals surface area contributed by atoms with E-state index in [2.05, 4.69) is 14.7 Å². The third-order valence-corrected chi connectivity index (χ3v) is 5.03. The van der Waals surface area contributed by atoms with Crippen LogP contribution in [-0.2, 0) is 4.79 Å². The van der Waals surface area contributed by atoms with Crippen LogP contribution in [0.4, 0.5) is 5.69 Å². The van der Waals surface area contributed by atoms with E-state index in [0.29, 0.717) is 21.6 Å². The number of nitrogens with zero attached hydrogens (tertiary/aromatic N) is 1. The van der Waals surface area contributed by atoms with Crippen LogP contribution in [0.2, 0.25) is 10.0 Å². The van der Waals surface area contributed by atoms with Crippen molar-refractivity contribution in [1.82, 2.24) is 9.36 Å². The molecule has 1 aromatic carbocycles. The van der Waals surface area contributed by atoms with Crippen LogP contribution in [0.25, 0.3) is 0 Å². The van der Waals surface area contributed by atoms with E-state index in [1.54, 1.807) is 18.2 Å². The van der Waals surface area contributed by atoms with E-state index in [1.165, 1.54) is 0 Å². The molecule has 1 aliphatic rings. The highest BCUT2D eigenvalue weighted by atomic mass is 35.5. The summed E-state index contributed by atoms with van der Waals surface area (Å²) in [7, 11) is 0. The first-order valence-corrected chi connectivity index (χ1v) is 8.89. The second-order valence-corrected chi connectivity index (χ2v) is 7.23. The maximum absolute atomic E-state index is 12.7. The highest BCUT2D eigenvalue weighted by Gasteiger charge is 2.34. The first kappa shape index (κ1) is 16.5. The first-order valence-electron chi connectivity index (χ1n) is 7.36. The first-order chi connectivity index (χ1) is 11.0. The lowest BCUT2D eigenvalue weighted by Gasteiger charge is -2.28. The number of aromatic nitrogens is 2. The fraction of sp³-hybridized carbons (Fsp3) is 0.400. The lowest BCUT2D eigenvalue weighted by molar-refractivity contribution is -0.121. The van der Waals surface area contributed by atoms with Crippen LogP contribution >= 0.6 is 34.7 Å². The van der Waals surface area contributed by atoms with E-state index in [0.717, 1.165) is 37.2 Å². The van der Waals surface area contributed by atoms with Gasteiger partial charge in [-0.15, -0.1) is 0 Å². The van der Waals surface area contributed by atoms with Crippen molar-refractivity contribution in [3.8, 4) is 0 Å². The van der Waals surface area contributed by atoms with Gasteiger partial charge in [0.05, 0.1) is 0 Å². The molecule has 8 heteroatoms.